The summed E-state index contributed by atoms with van der Waals surface area (Å²) in [6, 6.07) is 13.1. The van der Waals surface area contributed by atoms with Crippen LogP contribution < -0.4 is 10.5 Å². The van der Waals surface area contributed by atoms with Gasteiger partial charge in [-0.2, -0.15) is 0 Å². The maximum Gasteiger partial charge on any atom is 0.120 e. The van der Waals surface area contributed by atoms with Gasteiger partial charge in [-0.3, -0.25) is 0 Å². The highest BCUT2D eigenvalue weighted by Crippen LogP contribution is 2.30. The molecule has 0 radical (unpaired) electrons. The van der Waals surface area contributed by atoms with E-state index in [1.54, 1.807) is 7.11 Å². The summed E-state index contributed by atoms with van der Waals surface area (Å²) in [5, 5.41) is 0.708. The van der Waals surface area contributed by atoms with Crippen LogP contribution in [-0.2, 0) is 0 Å². The van der Waals surface area contributed by atoms with E-state index in [2.05, 4.69) is 15.9 Å². The van der Waals surface area contributed by atoms with Crippen molar-refractivity contribution in [2.45, 2.75) is 6.04 Å². The van der Waals surface area contributed by atoms with Crippen molar-refractivity contribution in [1.29, 1.82) is 0 Å². The number of hydrogen-bond donors (Lipinski definition) is 1. The topological polar surface area (TPSA) is 35.2 Å². The summed E-state index contributed by atoms with van der Waals surface area (Å²) in [6.07, 6.45) is 0. The molecule has 0 fully saturated rings. The molecule has 2 nitrogen and oxygen atoms in total. The van der Waals surface area contributed by atoms with Crippen LogP contribution in [0.1, 0.15) is 17.2 Å². The first-order chi connectivity index (χ1) is 8.61. The van der Waals surface area contributed by atoms with Crippen LogP contribution in [0.4, 0.5) is 0 Å². The summed E-state index contributed by atoms with van der Waals surface area (Å²) >= 11 is 9.38. The lowest BCUT2D eigenvalue weighted by molar-refractivity contribution is 0.414. The molecule has 0 amide bonds. The van der Waals surface area contributed by atoms with Gasteiger partial charge in [0.15, 0.2) is 0 Å². The van der Waals surface area contributed by atoms with Crippen LogP contribution in [0.3, 0.4) is 0 Å². The van der Waals surface area contributed by atoms with Gasteiger partial charge in [-0.25, -0.2) is 0 Å². The lowest BCUT2D eigenvalue weighted by atomic mass is 10.00. The zero-order chi connectivity index (χ0) is 13.1. The van der Waals surface area contributed by atoms with Crippen molar-refractivity contribution in [2.24, 2.45) is 5.73 Å². The molecule has 0 aliphatic carbocycles. The van der Waals surface area contributed by atoms with Gasteiger partial charge in [-0.15, -0.1) is 0 Å². The highest BCUT2D eigenvalue weighted by Gasteiger charge is 2.12. The van der Waals surface area contributed by atoms with Gasteiger partial charge in [-0.1, -0.05) is 45.7 Å². The Bertz CT molecular complexity index is 542. The molecule has 2 N–H and O–H groups in total. The number of rotatable bonds is 3. The second kappa shape index (κ2) is 5.74. The summed E-state index contributed by atoms with van der Waals surface area (Å²) in [5.74, 6) is 0.800. The monoisotopic (exact) mass is 325 g/mol. The molecule has 1 atom stereocenters. The molecule has 0 heterocycles. The van der Waals surface area contributed by atoms with Crippen molar-refractivity contribution >= 4 is 27.5 Å². The van der Waals surface area contributed by atoms with E-state index in [0.717, 1.165) is 21.3 Å². The molecule has 2 aromatic rings. The summed E-state index contributed by atoms with van der Waals surface area (Å²) in [7, 11) is 1.64. The number of halogens is 2. The van der Waals surface area contributed by atoms with Crippen molar-refractivity contribution in [1.82, 2.24) is 0 Å². The number of benzene rings is 2. The average Bonchev–Trinajstić information content (AvgIpc) is 2.38. The molecule has 2 aromatic carbocycles. The number of hydrogen-bond acceptors (Lipinski definition) is 2. The second-order valence-corrected chi connectivity index (χ2v) is 5.21. The molecule has 0 saturated carbocycles. The minimum absolute atomic E-state index is 0.192. The van der Waals surface area contributed by atoms with Gasteiger partial charge >= 0.3 is 0 Å². The molecule has 18 heavy (non-hydrogen) atoms. The van der Waals surface area contributed by atoms with Gasteiger partial charge in [0.25, 0.3) is 0 Å². The number of ether oxygens (including phenoxy) is 1. The van der Waals surface area contributed by atoms with Crippen LogP contribution in [0.25, 0.3) is 0 Å². The molecule has 0 aliphatic rings. The van der Waals surface area contributed by atoms with Crippen LogP contribution in [0.15, 0.2) is 46.9 Å². The molecule has 94 valence electrons. The van der Waals surface area contributed by atoms with Crippen molar-refractivity contribution in [3.05, 3.63) is 63.1 Å². The zero-order valence-electron chi connectivity index (χ0n) is 9.86. The maximum absolute atomic E-state index is 6.24. The van der Waals surface area contributed by atoms with Crippen molar-refractivity contribution in [2.75, 3.05) is 7.11 Å². The van der Waals surface area contributed by atoms with Crippen LogP contribution in [0, 0.1) is 0 Å². The maximum atomic E-state index is 6.24. The number of nitrogens with two attached hydrogens (primary N) is 1. The molecule has 0 aliphatic heterocycles. The normalized spacial score (nSPS) is 12.2. The Morgan fingerprint density at radius 3 is 2.39 bits per heavy atom. The van der Waals surface area contributed by atoms with Crippen LogP contribution in [-0.4, -0.2) is 7.11 Å². The third kappa shape index (κ3) is 2.86. The van der Waals surface area contributed by atoms with Crippen LogP contribution in [0.5, 0.6) is 5.75 Å². The van der Waals surface area contributed by atoms with E-state index in [1.165, 1.54) is 0 Å². The zero-order valence-corrected chi connectivity index (χ0v) is 12.2. The molecule has 4 heteroatoms. The molecule has 0 bridgehead atoms. The van der Waals surface area contributed by atoms with Gasteiger partial charge in [0.2, 0.25) is 0 Å². The van der Waals surface area contributed by atoms with Crippen molar-refractivity contribution in [3.63, 3.8) is 0 Å². The molecular weight excluding hydrogens is 314 g/mol. The Kier molecular flexibility index (Phi) is 4.27. The summed E-state index contributed by atoms with van der Waals surface area (Å²) in [5.41, 5.74) is 8.28. The average molecular weight is 327 g/mol. The SMILES string of the molecule is COc1ccc(C(N)c2ccc(Cl)cc2)c(Br)c1. The molecule has 0 saturated heterocycles. The van der Waals surface area contributed by atoms with Gasteiger partial charge in [0.05, 0.1) is 13.2 Å². The van der Waals surface area contributed by atoms with E-state index >= 15 is 0 Å². The predicted molar refractivity (Wildman–Crippen MR) is 78.2 cm³/mol. The van der Waals surface area contributed by atoms with Crippen molar-refractivity contribution < 1.29 is 4.74 Å². The first kappa shape index (κ1) is 13.4. The smallest absolute Gasteiger partial charge is 0.120 e. The van der Waals surface area contributed by atoms with E-state index < -0.39 is 0 Å². The Morgan fingerprint density at radius 1 is 1.17 bits per heavy atom. The first-order valence-electron chi connectivity index (χ1n) is 5.46. The molecule has 2 rings (SSSR count). The van der Waals surface area contributed by atoms with Crippen LogP contribution >= 0.6 is 27.5 Å². The van der Waals surface area contributed by atoms with E-state index in [-0.39, 0.29) is 6.04 Å². The summed E-state index contributed by atoms with van der Waals surface area (Å²) < 4.78 is 6.10. The second-order valence-electron chi connectivity index (χ2n) is 3.92. The minimum atomic E-state index is -0.192. The van der Waals surface area contributed by atoms with Crippen LogP contribution in [0.2, 0.25) is 5.02 Å². The summed E-state index contributed by atoms with van der Waals surface area (Å²) in [4.78, 5) is 0. The highest BCUT2D eigenvalue weighted by atomic mass is 79.9. The summed E-state index contributed by atoms with van der Waals surface area (Å²) in [6.45, 7) is 0. The van der Waals surface area contributed by atoms with Gasteiger partial charge in [-0.05, 0) is 35.4 Å². The van der Waals surface area contributed by atoms with Gasteiger partial charge < -0.3 is 10.5 Å². The third-order valence-electron chi connectivity index (χ3n) is 2.77. The van der Waals surface area contributed by atoms with E-state index in [4.69, 9.17) is 22.1 Å². The largest absolute Gasteiger partial charge is 0.497 e. The Hall–Kier alpha value is -1.03. The lowest BCUT2D eigenvalue weighted by Gasteiger charge is -2.15. The molecule has 0 aromatic heterocycles. The molecular formula is C14H13BrClNO. The number of methoxy groups -OCH3 is 1. The third-order valence-corrected chi connectivity index (χ3v) is 3.71. The predicted octanol–water partition coefficient (Wildman–Crippen LogP) is 4.16. The molecule has 0 spiro atoms. The van der Waals surface area contributed by atoms with Gasteiger partial charge in [0.1, 0.15) is 5.75 Å². The minimum Gasteiger partial charge on any atom is -0.497 e. The first-order valence-corrected chi connectivity index (χ1v) is 6.63. The lowest BCUT2D eigenvalue weighted by Crippen LogP contribution is -2.12. The van der Waals surface area contributed by atoms with E-state index in [1.807, 2.05) is 42.5 Å². The quantitative estimate of drug-likeness (QED) is 0.919. The Morgan fingerprint density at radius 2 is 1.83 bits per heavy atom. The fourth-order valence-electron chi connectivity index (χ4n) is 1.74. The highest BCUT2D eigenvalue weighted by molar-refractivity contribution is 9.10. The van der Waals surface area contributed by atoms with Crippen molar-refractivity contribution in [3.8, 4) is 5.75 Å². The van der Waals surface area contributed by atoms with E-state index in [0.29, 0.717) is 5.02 Å². The fraction of sp³-hybridized carbons (Fsp3) is 0.143. The van der Waals surface area contributed by atoms with E-state index in [9.17, 15) is 0 Å². The fourth-order valence-corrected chi connectivity index (χ4v) is 2.47. The Balaban J connectivity index is 2.33. The molecule has 1 unspecified atom stereocenters. The standard InChI is InChI=1S/C14H13BrClNO/c1-18-11-6-7-12(13(15)8-11)14(17)9-2-4-10(16)5-3-9/h2-8,14H,17H2,1H3. The van der Waals surface area contributed by atoms with Gasteiger partial charge in [0, 0.05) is 9.50 Å². The Labute approximate surface area is 120 Å².